The quantitative estimate of drug-likeness (QED) is 0.646. The average molecular weight is 236 g/mol. The fourth-order valence-electron chi connectivity index (χ4n) is 4.19. The summed E-state index contributed by atoms with van der Waals surface area (Å²) >= 11 is 0. The zero-order valence-electron chi connectivity index (χ0n) is 11.2. The van der Waals surface area contributed by atoms with Crippen molar-refractivity contribution in [1.29, 1.82) is 0 Å². The van der Waals surface area contributed by atoms with Crippen LogP contribution in [0.1, 0.15) is 51.4 Å². The molecule has 2 aliphatic heterocycles. The highest BCUT2D eigenvalue weighted by Gasteiger charge is 2.31. The van der Waals surface area contributed by atoms with Gasteiger partial charge in [-0.3, -0.25) is 9.80 Å². The first-order valence-corrected chi connectivity index (χ1v) is 7.86. The molecule has 1 saturated carbocycles. The summed E-state index contributed by atoms with van der Waals surface area (Å²) in [5.41, 5.74) is 0. The molecule has 17 heavy (non-hydrogen) atoms. The van der Waals surface area contributed by atoms with E-state index < -0.39 is 0 Å². The highest BCUT2D eigenvalue weighted by Crippen LogP contribution is 2.32. The third-order valence-corrected chi connectivity index (χ3v) is 5.15. The lowest BCUT2D eigenvalue weighted by molar-refractivity contribution is 0.0377. The maximum atomic E-state index is 2.73. The van der Waals surface area contributed by atoms with Gasteiger partial charge in [-0.05, 0) is 37.8 Å². The van der Waals surface area contributed by atoms with Crippen molar-refractivity contribution < 1.29 is 0 Å². The molecule has 2 unspecified atom stereocenters. The third kappa shape index (κ3) is 3.03. The van der Waals surface area contributed by atoms with Gasteiger partial charge in [-0.15, -0.1) is 0 Å². The lowest BCUT2D eigenvalue weighted by Gasteiger charge is -2.41. The Morgan fingerprint density at radius 3 is 1.76 bits per heavy atom. The molecular formula is C15H28N2. The lowest BCUT2D eigenvalue weighted by atomic mass is 9.84. The number of hydrogen-bond donors (Lipinski definition) is 0. The summed E-state index contributed by atoms with van der Waals surface area (Å²) in [6.07, 6.45) is 11.9. The van der Waals surface area contributed by atoms with Crippen molar-refractivity contribution in [1.82, 2.24) is 9.80 Å². The first-order valence-electron chi connectivity index (χ1n) is 7.86. The van der Waals surface area contributed by atoms with Crippen molar-refractivity contribution in [2.75, 3.05) is 32.8 Å². The van der Waals surface area contributed by atoms with E-state index in [-0.39, 0.29) is 0 Å². The number of nitrogens with zero attached hydrogens (tertiary/aromatic N) is 2. The number of fused-ring (bicyclic) bond motifs is 2. The molecule has 0 amide bonds. The van der Waals surface area contributed by atoms with Crippen LogP contribution in [0.5, 0.6) is 0 Å². The van der Waals surface area contributed by atoms with E-state index in [1.807, 2.05) is 0 Å². The Morgan fingerprint density at radius 1 is 0.588 bits per heavy atom. The lowest BCUT2D eigenvalue weighted by Crippen LogP contribution is -2.50. The van der Waals surface area contributed by atoms with E-state index in [9.17, 15) is 0 Å². The van der Waals surface area contributed by atoms with Crippen molar-refractivity contribution in [3.05, 3.63) is 0 Å². The highest BCUT2D eigenvalue weighted by molar-refractivity contribution is 4.84. The molecule has 2 atom stereocenters. The van der Waals surface area contributed by atoms with Gasteiger partial charge in [0.25, 0.3) is 0 Å². The van der Waals surface area contributed by atoms with Crippen molar-refractivity contribution in [3.8, 4) is 0 Å². The second kappa shape index (κ2) is 5.71. The Morgan fingerprint density at radius 2 is 1.18 bits per heavy atom. The summed E-state index contributed by atoms with van der Waals surface area (Å²) in [4.78, 5) is 5.46. The largest absolute Gasteiger partial charge is 0.290 e. The van der Waals surface area contributed by atoms with E-state index in [4.69, 9.17) is 0 Å². The predicted molar refractivity (Wildman–Crippen MR) is 71.9 cm³/mol. The molecule has 0 aromatic heterocycles. The smallest absolute Gasteiger partial charge is 0.0506 e. The zero-order valence-corrected chi connectivity index (χ0v) is 11.2. The average Bonchev–Trinajstić information content (AvgIpc) is 2.70. The molecule has 2 saturated heterocycles. The molecule has 0 spiro atoms. The van der Waals surface area contributed by atoms with Crippen molar-refractivity contribution in [2.45, 2.75) is 51.4 Å². The molecular weight excluding hydrogens is 208 g/mol. The SMILES string of the molecule is C1CCCC(C2CN3CCCCN(C2)C3)CC1. The van der Waals surface area contributed by atoms with E-state index in [0.29, 0.717) is 0 Å². The van der Waals surface area contributed by atoms with Crippen molar-refractivity contribution in [3.63, 3.8) is 0 Å². The van der Waals surface area contributed by atoms with Crippen LogP contribution in [0.4, 0.5) is 0 Å². The van der Waals surface area contributed by atoms with E-state index >= 15 is 0 Å². The van der Waals surface area contributed by atoms with Crippen LogP contribution < -0.4 is 0 Å². The van der Waals surface area contributed by atoms with Crippen LogP contribution in [-0.4, -0.2) is 42.6 Å². The van der Waals surface area contributed by atoms with Crippen LogP contribution >= 0.6 is 0 Å². The fraction of sp³-hybridized carbons (Fsp3) is 1.00. The molecule has 2 heteroatoms. The first kappa shape index (κ1) is 12.0. The zero-order chi connectivity index (χ0) is 11.5. The summed E-state index contributed by atoms with van der Waals surface area (Å²) in [7, 11) is 0. The molecule has 0 radical (unpaired) electrons. The van der Waals surface area contributed by atoms with E-state index in [1.54, 1.807) is 0 Å². The monoisotopic (exact) mass is 236 g/mol. The van der Waals surface area contributed by atoms with Gasteiger partial charge in [0.05, 0.1) is 6.67 Å². The van der Waals surface area contributed by atoms with Gasteiger partial charge in [0.2, 0.25) is 0 Å². The van der Waals surface area contributed by atoms with Crippen LogP contribution in [0.25, 0.3) is 0 Å². The second-order valence-corrected chi connectivity index (χ2v) is 6.51. The minimum absolute atomic E-state index is 0.986. The van der Waals surface area contributed by atoms with Crippen LogP contribution in [0, 0.1) is 11.8 Å². The summed E-state index contributed by atoms with van der Waals surface area (Å²) < 4.78 is 0. The van der Waals surface area contributed by atoms with Crippen LogP contribution in [0.15, 0.2) is 0 Å². The molecule has 2 heterocycles. The van der Waals surface area contributed by atoms with Gasteiger partial charge in [-0.2, -0.15) is 0 Å². The molecule has 1 aliphatic carbocycles. The Bertz CT molecular complexity index is 219. The summed E-state index contributed by atoms with van der Waals surface area (Å²) in [6.45, 7) is 6.80. The van der Waals surface area contributed by atoms with E-state index in [1.165, 1.54) is 84.2 Å². The highest BCUT2D eigenvalue weighted by atomic mass is 15.3. The standard InChI is InChI=1S/C15H28N2/c1-2-4-8-14(7-3-1)15-11-16-9-5-6-10-17(12-15)13-16/h14-15H,1-13H2. The molecule has 0 N–H and O–H groups in total. The Hall–Kier alpha value is -0.0800. The van der Waals surface area contributed by atoms with Gasteiger partial charge >= 0.3 is 0 Å². The summed E-state index contributed by atoms with van der Waals surface area (Å²) in [5.74, 6) is 2.03. The van der Waals surface area contributed by atoms with Gasteiger partial charge in [0.15, 0.2) is 0 Å². The fourth-order valence-corrected chi connectivity index (χ4v) is 4.19. The van der Waals surface area contributed by atoms with Crippen LogP contribution in [-0.2, 0) is 0 Å². The Kier molecular flexibility index (Phi) is 4.02. The Balaban J connectivity index is 1.62. The minimum Gasteiger partial charge on any atom is -0.290 e. The van der Waals surface area contributed by atoms with Gasteiger partial charge < -0.3 is 0 Å². The maximum Gasteiger partial charge on any atom is 0.0506 e. The van der Waals surface area contributed by atoms with Crippen LogP contribution in [0.3, 0.4) is 0 Å². The summed E-state index contributed by atoms with van der Waals surface area (Å²) in [6, 6.07) is 0. The second-order valence-electron chi connectivity index (χ2n) is 6.51. The van der Waals surface area contributed by atoms with Crippen molar-refractivity contribution >= 4 is 0 Å². The van der Waals surface area contributed by atoms with Gasteiger partial charge in [0.1, 0.15) is 0 Å². The minimum atomic E-state index is 0.986. The van der Waals surface area contributed by atoms with E-state index in [2.05, 4.69) is 9.80 Å². The Labute approximate surface area is 106 Å². The predicted octanol–water partition coefficient (Wildman–Crippen LogP) is 2.94. The van der Waals surface area contributed by atoms with Crippen LogP contribution in [0.2, 0.25) is 0 Å². The van der Waals surface area contributed by atoms with Gasteiger partial charge in [0, 0.05) is 13.1 Å². The molecule has 3 fully saturated rings. The van der Waals surface area contributed by atoms with Gasteiger partial charge in [-0.1, -0.05) is 38.5 Å². The maximum absolute atomic E-state index is 2.73. The molecule has 2 nitrogen and oxygen atoms in total. The molecule has 2 bridgehead atoms. The number of rotatable bonds is 1. The molecule has 3 rings (SSSR count). The molecule has 98 valence electrons. The molecule has 3 aliphatic rings. The first-order chi connectivity index (χ1) is 8.42. The van der Waals surface area contributed by atoms with Gasteiger partial charge in [-0.25, -0.2) is 0 Å². The third-order valence-electron chi connectivity index (χ3n) is 5.15. The normalized spacial score (nSPS) is 40.6. The topological polar surface area (TPSA) is 6.48 Å². The molecule has 0 aromatic rings. The summed E-state index contributed by atoms with van der Waals surface area (Å²) in [5, 5.41) is 0. The van der Waals surface area contributed by atoms with E-state index in [0.717, 1.165) is 11.8 Å². The number of hydrogen-bond acceptors (Lipinski definition) is 2. The molecule has 0 aromatic carbocycles. The van der Waals surface area contributed by atoms with Crippen molar-refractivity contribution in [2.24, 2.45) is 11.8 Å².